The molecule has 1 saturated heterocycles. The number of ether oxygens (including phenoxy) is 1. The lowest BCUT2D eigenvalue weighted by atomic mass is 9.79. The smallest absolute Gasteiger partial charge is 0.406 e. The molecule has 1 aromatic carbocycles. The van der Waals surface area contributed by atoms with Crippen molar-refractivity contribution in [2.45, 2.75) is 45.6 Å². The highest BCUT2D eigenvalue weighted by atomic mass is 35.5. The summed E-state index contributed by atoms with van der Waals surface area (Å²) < 4.78 is 40.4. The van der Waals surface area contributed by atoms with E-state index in [1.165, 1.54) is 12.1 Å². The van der Waals surface area contributed by atoms with Gasteiger partial charge in [-0.2, -0.15) is 0 Å². The van der Waals surface area contributed by atoms with Gasteiger partial charge in [0, 0.05) is 25.2 Å². The maximum absolute atomic E-state index is 12.2. The van der Waals surface area contributed by atoms with Crippen molar-refractivity contribution in [2.24, 2.45) is 11.1 Å². The SMILES string of the molecule is CC(c1ccc(OC(F)(F)F)cc1)N1CCC(N)C(C)(C)C1.Cl. The van der Waals surface area contributed by atoms with Gasteiger partial charge in [0.2, 0.25) is 0 Å². The summed E-state index contributed by atoms with van der Waals surface area (Å²) in [4.78, 5) is 2.32. The molecule has 0 saturated carbocycles. The highest BCUT2D eigenvalue weighted by Gasteiger charge is 2.35. The lowest BCUT2D eigenvalue weighted by Gasteiger charge is -2.45. The third-order valence-electron chi connectivity index (χ3n) is 4.49. The zero-order valence-corrected chi connectivity index (χ0v) is 14.4. The van der Waals surface area contributed by atoms with Crippen LogP contribution >= 0.6 is 12.4 Å². The Kier molecular flexibility index (Phi) is 6.35. The summed E-state index contributed by atoms with van der Waals surface area (Å²) in [5.74, 6) is -0.190. The molecule has 2 N–H and O–H groups in total. The molecule has 0 amide bonds. The van der Waals surface area contributed by atoms with Crippen LogP contribution in [0.2, 0.25) is 0 Å². The summed E-state index contributed by atoms with van der Waals surface area (Å²) >= 11 is 0. The van der Waals surface area contributed by atoms with E-state index < -0.39 is 6.36 Å². The lowest BCUT2D eigenvalue weighted by Crippen LogP contribution is -2.52. The molecule has 1 aliphatic heterocycles. The molecule has 2 unspecified atom stereocenters. The number of nitrogens with two attached hydrogens (primary N) is 1. The zero-order chi connectivity index (χ0) is 16.5. The molecule has 1 heterocycles. The Hall–Kier alpha value is -0.980. The van der Waals surface area contributed by atoms with E-state index >= 15 is 0 Å². The number of likely N-dealkylation sites (tertiary alicyclic amines) is 1. The molecule has 0 radical (unpaired) electrons. The molecule has 2 atom stereocenters. The molecule has 1 aliphatic rings. The molecule has 3 nitrogen and oxygen atoms in total. The number of halogens is 4. The summed E-state index contributed by atoms with van der Waals surface area (Å²) in [5.41, 5.74) is 7.15. The van der Waals surface area contributed by atoms with Crippen LogP contribution in [0.4, 0.5) is 13.2 Å². The van der Waals surface area contributed by atoms with Crippen LogP contribution in [0.3, 0.4) is 0 Å². The first-order valence-electron chi connectivity index (χ1n) is 7.44. The predicted octanol–water partition coefficient (Wildman–Crippen LogP) is 4.13. The minimum absolute atomic E-state index is 0. The summed E-state index contributed by atoms with van der Waals surface area (Å²) in [6, 6.07) is 6.41. The van der Waals surface area contributed by atoms with Gasteiger partial charge >= 0.3 is 6.36 Å². The third kappa shape index (κ3) is 5.26. The van der Waals surface area contributed by atoms with Gasteiger partial charge in [-0.3, -0.25) is 4.90 Å². The first-order chi connectivity index (χ1) is 10.1. The zero-order valence-electron chi connectivity index (χ0n) is 13.6. The Morgan fingerprint density at radius 1 is 1.26 bits per heavy atom. The minimum atomic E-state index is -4.65. The number of nitrogens with zero attached hydrogens (tertiary/aromatic N) is 1. The average Bonchev–Trinajstić information content (AvgIpc) is 2.40. The fourth-order valence-corrected chi connectivity index (χ4v) is 2.90. The highest BCUT2D eigenvalue weighted by Crippen LogP contribution is 2.33. The number of benzene rings is 1. The Balaban J connectivity index is 0.00000264. The Morgan fingerprint density at radius 3 is 2.30 bits per heavy atom. The van der Waals surface area contributed by atoms with Gasteiger partial charge in [-0.25, -0.2) is 0 Å². The Labute approximate surface area is 141 Å². The van der Waals surface area contributed by atoms with Gasteiger partial charge in [-0.05, 0) is 36.5 Å². The third-order valence-corrected chi connectivity index (χ3v) is 4.49. The quantitative estimate of drug-likeness (QED) is 0.889. The summed E-state index contributed by atoms with van der Waals surface area (Å²) in [6.45, 7) is 8.13. The van der Waals surface area contributed by atoms with Crippen molar-refractivity contribution in [2.75, 3.05) is 13.1 Å². The predicted molar refractivity (Wildman–Crippen MR) is 86.7 cm³/mol. The van der Waals surface area contributed by atoms with E-state index in [1.54, 1.807) is 12.1 Å². The molecule has 1 fully saturated rings. The minimum Gasteiger partial charge on any atom is -0.406 e. The molecular weight excluding hydrogens is 329 g/mol. The molecule has 7 heteroatoms. The number of hydrogen-bond donors (Lipinski definition) is 1. The van der Waals surface area contributed by atoms with Crippen molar-refractivity contribution in [3.63, 3.8) is 0 Å². The van der Waals surface area contributed by atoms with E-state index in [1.807, 2.05) is 0 Å². The van der Waals surface area contributed by atoms with Gasteiger partial charge in [-0.1, -0.05) is 26.0 Å². The van der Waals surface area contributed by atoms with Crippen LogP contribution in [0, 0.1) is 5.41 Å². The number of alkyl halides is 3. The van der Waals surface area contributed by atoms with Gasteiger partial charge in [0.15, 0.2) is 0 Å². The standard InChI is InChI=1S/C16H23F3N2O.ClH/c1-11(21-9-8-14(20)15(2,3)10-21)12-4-6-13(7-5-12)22-16(17,18)19;/h4-7,11,14H,8-10,20H2,1-3H3;1H. The van der Waals surface area contributed by atoms with Gasteiger partial charge in [-0.15, -0.1) is 25.6 Å². The van der Waals surface area contributed by atoms with Gasteiger partial charge < -0.3 is 10.5 Å². The lowest BCUT2D eigenvalue weighted by molar-refractivity contribution is -0.274. The number of rotatable bonds is 3. The second-order valence-electron chi connectivity index (χ2n) is 6.65. The molecule has 23 heavy (non-hydrogen) atoms. The van der Waals surface area contributed by atoms with Crippen LogP contribution in [-0.4, -0.2) is 30.4 Å². The van der Waals surface area contributed by atoms with Gasteiger partial charge in [0.05, 0.1) is 0 Å². The normalized spacial score (nSPS) is 23.0. The second-order valence-corrected chi connectivity index (χ2v) is 6.65. The summed E-state index contributed by atoms with van der Waals surface area (Å²) in [5, 5.41) is 0. The Morgan fingerprint density at radius 2 is 1.83 bits per heavy atom. The van der Waals surface area contributed by atoms with Crippen LogP contribution in [-0.2, 0) is 0 Å². The van der Waals surface area contributed by atoms with Gasteiger partial charge in [0.1, 0.15) is 5.75 Å². The molecule has 132 valence electrons. The fraction of sp³-hybridized carbons (Fsp3) is 0.625. The van der Waals surface area contributed by atoms with Crippen LogP contribution < -0.4 is 10.5 Å². The van der Waals surface area contributed by atoms with Crippen molar-refractivity contribution < 1.29 is 17.9 Å². The number of hydrogen-bond acceptors (Lipinski definition) is 3. The van der Waals surface area contributed by atoms with E-state index in [-0.39, 0.29) is 35.7 Å². The second kappa shape index (κ2) is 7.28. The molecule has 0 aliphatic carbocycles. The number of piperidine rings is 1. The van der Waals surface area contributed by atoms with Crippen molar-refractivity contribution in [1.82, 2.24) is 4.90 Å². The molecule has 0 spiro atoms. The largest absolute Gasteiger partial charge is 0.573 e. The molecular formula is C16H24ClF3N2O. The first kappa shape index (κ1) is 20.1. The van der Waals surface area contributed by atoms with E-state index in [0.29, 0.717) is 0 Å². The maximum Gasteiger partial charge on any atom is 0.573 e. The van der Waals surface area contributed by atoms with E-state index in [9.17, 15) is 13.2 Å². The van der Waals surface area contributed by atoms with E-state index in [0.717, 1.165) is 25.1 Å². The van der Waals surface area contributed by atoms with Crippen molar-refractivity contribution >= 4 is 12.4 Å². The molecule has 1 aromatic rings. The Bertz CT molecular complexity index is 505. The average molecular weight is 353 g/mol. The summed E-state index contributed by atoms with van der Waals surface area (Å²) in [7, 11) is 0. The molecule has 2 rings (SSSR count). The fourth-order valence-electron chi connectivity index (χ4n) is 2.90. The van der Waals surface area contributed by atoms with Crippen LogP contribution in [0.25, 0.3) is 0 Å². The maximum atomic E-state index is 12.2. The first-order valence-corrected chi connectivity index (χ1v) is 7.44. The topological polar surface area (TPSA) is 38.5 Å². The van der Waals surface area contributed by atoms with Crippen LogP contribution in [0.1, 0.15) is 38.8 Å². The highest BCUT2D eigenvalue weighted by molar-refractivity contribution is 5.85. The summed E-state index contributed by atoms with van der Waals surface area (Å²) in [6.07, 6.45) is -3.73. The van der Waals surface area contributed by atoms with Crippen LogP contribution in [0.15, 0.2) is 24.3 Å². The van der Waals surface area contributed by atoms with Crippen LogP contribution in [0.5, 0.6) is 5.75 Å². The van der Waals surface area contributed by atoms with Crippen molar-refractivity contribution in [3.8, 4) is 5.75 Å². The monoisotopic (exact) mass is 352 g/mol. The van der Waals surface area contributed by atoms with Crippen molar-refractivity contribution in [1.29, 1.82) is 0 Å². The molecule has 0 bridgehead atoms. The van der Waals surface area contributed by atoms with E-state index in [2.05, 4.69) is 30.4 Å². The van der Waals surface area contributed by atoms with Gasteiger partial charge in [0.25, 0.3) is 0 Å². The van der Waals surface area contributed by atoms with E-state index in [4.69, 9.17) is 5.73 Å². The van der Waals surface area contributed by atoms with Crippen molar-refractivity contribution in [3.05, 3.63) is 29.8 Å². The molecule has 0 aromatic heterocycles.